The van der Waals surface area contributed by atoms with Crippen LogP contribution in [0, 0.1) is 11.8 Å². The minimum Gasteiger partial charge on any atom is -0.331 e. The first kappa shape index (κ1) is 21.3. The van der Waals surface area contributed by atoms with Crippen molar-refractivity contribution < 1.29 is 4.79 Å². The molecule has 4 aliphatic rings. The third-order valence-corrected chi connectivity index (χ3v) is 9.26. The summed E-state index contributed by atoms with van der Waals surface area (Å²) in [5.41, 5.74) is 3.19. The van der Waals surface area contributed by atoms with Gasteiger partial charge in [-0.05, 0) is 99.3 Å². The van der Waals surface area contributed by atoms with Crippen LogP contribution in [-0.2, 0) is 5.41 Å². The Morgan fingerprint density at radius 3 is 2.26 bits per heavy atom. The zero-order valence-corrected chi connectivity index (χ0v) is 19.6. The maximum atomic E-state index is 12.3. The number of benzene rings is 1. The number of hydrogen-bond acceptors (Lipinski definition) is 2. The lowest BCUT2D eigenvalue weighted by Crippen LogP contribution is -2.49. The van der Waals surface area contributed by atoms with Gasteiger partial charge in [-0.1, -0.05) is 37.1 Å². The molecule has 170 valence electrons. The van der Waals surface area contributed by atoms with Crippen LogP contribution in [0.25, 0.3) is 0 Å². The molecule has 1 spiro atoms. The van der Waals surface area contributed by atoms with Crippen molar-refractivity contribution in [2.75, 3.05) is 27.2 Å². The van der Waals surface area contributed by atoms with Gasteiger partial charge in [0.2, 0.25) is 0 Å². The number of carbonyl (C=O) groups excluding carboxylic acids is 1. The third kappa shape index (κ3) is 4.25. The molecule has 31 heavy (non-hydrogen) atoms. The highest BCUT2D eigenvalue weighted by Crippen LogP contribution is 2.49. The summed E-state index contributed by atoms with van der Waals surface area (Å²) in [5, 5.41) is 3.26. The highest BCUT2D eigenvalue weighted by atomic mass is 16.2. The number of hydrogen-bond donors (Lipinski definition) is 1. The second-order valence-corrected chi connectivity index (χ2v) is 11.2. The van der Waals surface area contributed by atoms with Gasteiger partial charge in [0, 0.05) is 20.1 Å². The Morgan fingerprint density at radius 1 is 0.935 bits per heavy atom. The van der Waals surface area contributed by atoms with Gasteiger partial charge in [0.1, 0.15) is 0 Å². The monoisotopic (exact) mass is 423 g/mol. The molecule has 4 heteroatoms. The number of nitrogens with zero attached hydrogens (tertiary/aromatic N) is 2. The van der Waals surface area contributed by atoms with Crippen molar-refractivity contribution in [2.45, 2.75) is 88.1 Å². The van der Waals surface area contributed by atoms with Crippen molar-refractivity contribution in [3.8, 4) is 0 Å². The van der Waals surface area contributed by atoms with E-state index in [-0.39, 0.29) is 12.1 Å². The van der Waals surface area contributed by atoms with E-state index in [0.29, 0.717) is 5.41 Å². The summed E-state index contributed by atoms with van der Waals surface area (Å²) in [6, 6.07) is 9.95. The molecule has 1 heterocycles. The Bertz CT molecular complexity index is 768. The van der Waals surface area contributed by atoms with Crippen molar-refractivity contribution in [1.82, 2.24) is 15.1 Å². The van der Waals surface area contributed by atoms with Crippen LogP contribution in [0.5, 0.6) is 0 Å². The largest absolute Gasteiger partial charge is 0.331 e. The number of fused-ring (bicyclic) bond motifs is 4. The zero-order valence-electron chi connectivity index (χ0n) is 19.6. The molecule has 1 aliphatic heterocycles. The highest BCUT2D eigenvalue weighted by Gasteiger charge is 2.43. The minimum absolute atomic E-state index is 0.0174. The number of urea groups is 1. The van der Waals surface area contributed by atoms with E-state index in [4.69, 9.17) is 0 Å². The van der Waals surface area contributed by atoms with Crippen LogP contribution in [0.2, 0.25) is 0 Å². The van der Waals surface area contributed by atoms with Crippen LogP contribution in [0.15, 0.2) is 24.3 Å². The summed E-state index contributed by atoms with van der Waals surface area (Å²) in [5.74, 6) is 2.06. The van der Waals surface area contributed by atoms with Crippen molar-refractivity contribution in [1.29, 1.82) is 0 Å². The molecule has 3 aliphatic carbocycles. The molecule has 2 saturated carbocycles. The fourth-order valence-electron chi connectivity index (χ4n) is 7.33. The topological polar surface area (TPSA) is 35.6 Å². The van der Waals surface area contributed by atoms with E-state index in [9.17, 15) is 4.79 Å². The summed E-state index contributed by atoms with van der Waals surface area (Å²) in [6.07, 6.45) is 15.2. The molecule has 4 nitrogen and oxygen atoms in total. The van der Waals surface area contributed by atoms with Crippen molar-refractivity contribution in [3.63, 3.8) is 0 Å². The van der Waals surface area contributed by atoms with E-state index in [2.05, 4.69) is 34.5 Å². The normalized spacial score (nSPS) is 32.7. The van der Waals surface area contributed by atoms with Crippen LogP contribution in [0.3, 0.4) is 0 Å². The van der Waals surface area contributed by atoms with Gasteiger partial charge in [0.25, 0.3) is 0 Å². The molecular weight excluding hydrogens is 382 g/mol. The van der Waals surface area contributed by atoms with Gasteiger partial charge < -0.3 is 15.1 Å². The van der Waals surface area contributed by atoms with Crippen molar-refractivity contribution >= 4 is 6.03 Å². The van der Waals surface area contributed by atoms with E-state index in [1.54, 1.807) is 4.90 Å². The van der Waals surface area contributed by atoms with E-state index >= 15 is 0 Å². The van der Waals surface area contributed by atoms with Crippen LogP contribution < -0.4 is 5.32 Å². The van der Waals surface area contributed by atoms with Gasteiger partial charge in [0.15, 0.2) is 0 Å². The number of amides is 2. The summed E-state index contributed by atoms with van der Waals surface area (Å²) >= 11 is 0. The second kappa shape index (κ2) is 8.77. The molecule has 2 amide bonds. The van der Waals surface area contributed by atoms with Gasteiger partial charge in [-0.3, -0.25) is 0 Å². The molecule has 0 aromatic heterocycles. The Hall–Kier alpha value is -1.55. The number of carbonyl (C=O) groups is 1. The lowest BCUT2D eigenvalue weighted by atomic mass is 9.63. The van der Waals surface area contributed by atoms with Crippen LogP contribution in [-0.4, -0.2) is 49.1 Å². The van der Waals surface area contributed by atoms with Crippen LogP contribution in [0.1, 0.15) is 87.8 Å². The van der Waals surface area contributed by atoms with Gasteiger partial charge in [0.05, 0.1) is 6.04 Å². The summed E-state index contributed by atoms with van der Waals surface area (Å²) < 4.78 is 0. The lowest BCUT2D eigenvalue weighted by molar-refractivity contribution is 0.0833. The van der Waals surface area contributed by atoms with E-state index < -0.39 is 0 Å². The first-order chi connectivity index (χ1) is 15.0. The molecular formula is C27H41N3O. The van der Waals surface area contributed by atoms with Crippen LogP contribution in [0.4, 0.5) is 4.79 Å². The Labute approximate surface area is 188 Å². The average molecular weight is 424 g/mol. The quantitative estimate of drug-likeness (QED) is 0.683. The smallest absolute Gasteiger partial charge is 0.317 e. The second-order valence-electron chi connectivity index (χ2n) is 11.2. The SMILES string of the molecule is CN(C)C(=O)N[C@H]1CCC2(CCN(C3CCC4CC[C@@H](CC3)C4)CC2)c2ccccc21. The zero-order chi connectivity index (χ0) is 21.4. The summed E-state index contributed by atoms with van der Waals surface area (Å²) in [4.78, 5) is 16.8. The first-order valence-electron chi connectivity index (χ1n) is 12.9. The molecule has 4 atom stereocenters. The Kier molecular flexibility index (Phi) is 6.02. The molecule has 1 saturated heterocycles. The maximum Gasteiger partial charge on any atom is 0.317 e. The fraction of sp³-hybridized carbons (Fsp3) is 0.741. The summed E-state index contributed by atoms with van der Waals surface area (Å²) in [7, 11) is 3.64. The van der Waals surface area contributed by atoms with Crippen LogP contribution >= 0.6 is 0 Å². The van der Waals surface area contributed by atoms with E-state index in [1.807, 2.05) is 14.1 Å². The molecule has 3 fully saturated rings. The molecule has 2 bridgehead atoms. The number of piperidine rings is 1. The molecule has 5 rings (SSSR count). The van der Waals surface area contributed by atoms with Gasteiger partial charge in [-0.15, -0.1) is 0 Å². The number of nitrogens with one attached hydrogen (secondary N) is 1. The fourth-order valence-corrected chi connectivity index (χ4v) is 7.33. The summed E-state index contributed by atoms with van der Waals surface area (Å²) in [6.45, 7) is 2.51. The predicted molar refractivity (Wildman–Crippen MR) is 126 cm³/mol. The maximum absolute atomic E-state index is 12.3. The highest BCUT2D eigenvalue weighted by molar-refractivity contribution is 5.74. The molecule has 1 aromatic rings. The molecule has 1 N–H and O–H groups in total. The van der Waals surface area contributed by atoms with Gasteiger partial charge in [-0.25, -0.2) is 4.79 Å². The lowest BCUT2D eigenvalue weighted by Gasteiger charge is -2.49. The molecule has 1 aromatic carbocycles. The van der Waals surface area contributed by atoms with Crippen molar-refractivity contribution in [3.05, 3.63) is 35.4 Å². The van der Waals surface area contributed by atoms with Gasteiger partial charge in [-0.2, -0.15) is 0 Å². The van der Waals surface area contributed by atoms with Crippen molar-refractivity contribution in [2.24, 2.45) is 11.8 Å². The average Bonchev–Trinajstić information content (AvgIpc) is 3.26. The minimum atomic E-state index is 0.0174. The predicted octanol–water partition coefficient (Wildman–Crippen LogP) is 5.49. The Morgan fingerprint density at radius 2 is 1.58 bits per heavy atom. The number of rotatable bonds is 2. The number of likely N-dealkylation sites (tertiary alicyclic amines) is 1. The van der Waals surface area contributed by atoms with Gasteiger partial charge >= 0.3 is 6.03 Å². The van der Waals surface area contributed by atoms with E-state index in [1.165, 1.54) is 88.4 Å². The third-order valence-electron chi connectivity index (χ3n) is 9.26. The Balaban J connectivity index is 1.27. The standard InChI is InChI=1S/C27H41N3O/c1-29(2)26(31)28-25-13-14-27(24-6-4-3-5-23(24)25)15-17-30(18-16-27)22-11-9-20-7-8-21(19-20)10-12-22/h3-6,20-22,25H,7-19H2,1-2H3,(H,28,31)/t20-,21?,22?,25-/m0/s1. The van der Waals surface area contributed by atoms with E-state index in [0.717, 1.165) is 24.3 Å². The first-order valence-corrected chi connectivity index (χ1v) is 12.9. The molecule has 2 unspecified atom stereocenters. The molecule has 0 radical (unpaired) electrons.